The summed E-state index contributed by atoms with van der Waals surface area (Å²) in [5, 5.41) is 0. The van der Waals surface area contributed by atoms with Gasteiger partial charge in [0.1, 0.15) is 0 Å². The van der Waals surface area contributed by atoms with E-state index in [2.05, 4.69) is 257 Å². The molecule has 6 aliphatic rings. The Morgan fingerprint density at radius 2 is 1.03 bits per heavy atom. The van der Waals surface area contributed by atoms with Crippen molar-refractivity contribution in [3.05, 3.63) is 219 Å². The Morgan fingerprint density at radius 1 is 0.474 bits per heavy atom. The molecule has 4 aliphatic carbocycles. The largest absolute Gasteiger partial charge is 0.311 e. The number of rotatable bonds is 4. The third-order valence-corrected chi connectivity index (χ3v) is 19.4. The number of aryl methyl sites for hydroxylation is 1. The molecule has 14 rings (SSSR count). The zero-order valence-electron chi connectivity index (χ0n) is 46.9. The molecule has 0 saturated carbocycles. The molecular formula is C73H71BN2. The first-order valence-electron chi connectivity index (χ1n) is 28.3. The summed E-state index contributed by atoms with van der Waals surface area (Å²) in [7, 11) is 0. The topological polar surface area (TPSA) is 6.48 Å². The lowest BCUT2D eigenvalue weighted by Crippen LogP contribution is -2.62. The van der Waals surface area contributed by atoms with Crippen molar-refractivity contribution >= 4 is 68.4 Å². The molecule has 0 spiro atoms. The lowest BCUT2D eigenvalue weighted by molar-refractivity contribution is 0.332. The molecule has 76 heavy (non-hydrogen) atoms. The zero-order chi connectivity index (χ0) is 52.6. The van der Waals surface area contributed by atoms with E-state index in [1.54, 1.807) is 0 Å². The molecule has 0 aromatic heterocycles. The van der Waals surface area contributed by atoms with Crippen LogP contribution in [0, 0.1) is 6.92 Å². The summed E-state index contributed by atoms with van der Waals surface area (Å²) in [6.07, 6.45) is 7.01. The molecule has 0 amide bonds. The van der Waals surface area contributed by atoms with Crippen molar-refractivity contribution < 1.29 is 0 Å². The summed E-state index contributed by atoms with van der Waals surface area (Å²) in [5.74, 6) is 0. The lowest BCUT2D eigenvalue weighted by Gasteiger charge is -2.47. The molecule has 0 fully saturated rings. The molecule has 2 heterocycles. The maximum atomic E-state index is 2.67. The van der Waals surface area contributed by atoms with Gasteiger partial charge >= 0.3 is 0 Å². The molecular weight excluding hydrogens is 916 g/mol. The smallest absolute Gasteiger partial charge is 0.252 e. The molecule has 3 heteroatoms. The summed E-state index contributed by atoms with van der Waals surface area (Å²) >= 11 is 0. The summed E-state index contributed by atoms with van der Waals surface area (Å²) < 4.78 is 0. The predicted octanol–water partition coefficient (Wildman–Crippen LogP) is 17.6. The summed E-state index contributed by atoms with van der Waals surface area (Å²) in [4.78, 5) is 5.27. The van der Waals surface area contributed by atoms with Gasteiger partial charge in [-0.2, -0.15) is 0 Å². The van der Waals surface area contributed by atoms with Gasteiger partial charge in [-0.25, -0.2) is 0 Å². The van der Waals surface area contributed by atoms with Crippen molar-refractivity contribution in [2.45, 2.75) is 136 Å². The Hall–Kier alpha value is -7.10. The molecule has 2 nitrogen and oxygen atoms in total. The number of benzene rings is 8. The van der Waals surface area contributed by atoms with E-state index >= 15 is 0 Å². The number of fused-ring (bicyclic) bond motifs is 10. The monoisotopic (exact) mass is 987 g/mol. The van der Waals surface area contributed by atoms with Crippen LogP contribution >= 0.6 is 0 Å². The fraction of sp³-hybridized carbons (Fsp3) is 0.288. The van der Waals surface area contributed by atoms with E-state index in [4.69, 9.17) is 0 Å². The standard InChI is InChI=1S/C73H71BN2/c1-44-39-64-68-65(40-44)76(49-34-29-46(30-35-49)51-22-18-24-55-53-20-14-16-26-57(53)73(11,12)67(51)55)63-43-59-58(70(5,6)37-38-71(59,7)8)42-61(63)74(68)60-36-31-47(69(2,3)4)41-62(60)75(64)48-32-27-45(28-33-48)50-21-17-23-54-52-19-13-15-25-56(52)72(9,10)66(50)54/h13-16,18-22,24-36,39-43H,17,23,37-38H2,1-12H3. The summed E-state index contributed by atoms with van der Waals surface area (Å²) in [5.41, 5.74) is 33.9. The van der Waals surface area contributed by atoms with Gasteiger partial charge in [0.15, 0.2) is 0 Å². The molecule has 0 saturated heterocycles. The van der Waals surface area contributed by atoms with Crippen LogP contribution < -0.4 is 26.2 Å². The third-order valence-electron chi connectivity index (χ3n) is 19.4. The van der Waals surface area contributed by atoms with Crippen LogP contribution in [0.25, 0.3) is 33.4 Å². The van der Waals surface area contributed by atoms with Gasteiger partial charge in [-0.05, 0) is 203 Å². The molecule has 0 atom stereocenters. The highest BCUT2D eigenvalue weighted by atomic mass is 15.2. The average molecular weight is 987 g/mol. The van der Waals surface area contributed by atoms with E-state index in [0.29, 0.717) is 0 Å². The van der Waals surface area contributed by atoms with Gasteiger partial charge in [0.05, 0.1) is 0 Å². The fourth-order valence-corrected chi connectivity index (χ4v) is 15.3. The van der Waals surface area contributed by atoms with E-state index in [1.165, 1.54) is 152 Å². The average Bonchev–Trinajstić information content (AvgIpc) is 3.83. The highest BCUT2D eigenvalue weighted by molar-refractivity contribution is 7.00. The number of allylic oxidation sites excluding steroid dienone is 4. The predicted molar refractivity (Wildman–Crippen MR) is 326 cm³/mol. The second-order valence-corrected chi connectivity index (χ2v) is 26.7. The van der Waals surface area contributed by atoms with E-state index < -0.39 is 0 Å². The van der Waals surface area contributed by atoms with Gasteiger partial charge in [-0.3, -0.25) is 0 Å². The van der Waals surface area contributed by atoms with E-state index in [-0.39, 0.29) is 33.8 Å². The van der Waals surface area contributed by atoms with Crippen LogP contribution in [0.5, 0.6) is 0 Å². The maximum absolute atomic E-state index is 2.67. The first kappa shape index (κ1) is 47.4. The number of hydrogen-bond donors (Lipinski definition) is 0. The second kappa shape index (κ2) is 16.0. The van der Waals surface area contributed by atoms with Gasteiger partial charge in [0.2, 0.25) is 0 Å². The highest BCUT2D eigenvalue weighted by Gasteiger charge is 2.47. The third kappa shape index (κ3) is 6.66. The van der Waals surface area contributed by atoms with Gasteiger partial charge in [0, 0.05) is 45.0 Å². The van der Waals surface area contributed by atoms with Gasteiger partial charge in [0.25, 0.3) is 6.71 Å². The van der Waals surface area contributed by atoms with E-state index in [9.17, 15) is 0 Å². The van der Waals surface area contributed by atoms with Crippen LogP contribution in [0.2, 0.25) is 0 Å². The molecule has 0 bridgehead atoms. The Morgan fingerprint density at radius 3 is 1.67 bits per heavy atom. The minimum absolute atomic E-state index is 0.0329. The lowest BCUT2D eigenvalue weighted by atomic mass is 9.33. The highest BCUT2D eigenvalue weighted by Crippen LogP contribution is 2.57. The van der Waals surface area contributed by atoms with Crippen molar-refractivity contribution in [1.82, 2.24) is 0 Å². The number of anilines is 6. The van der Waals surface area contributed by atoms with Crippen LogP contribution in [0.1, 0.15) is 152 Å². The number of hydrogen-bond acceptors (Lipinski definition) is 2. The minimum Gasteiger partial charge on any atom is -0.311 e. The van der Waals surface area contributed by atoms with Crippen molar-refractivity contribution in [1.29, 1.82) is 0 Å². The second-order valence-electron chi connectivity index (χ2n) is 26.7. The molecule has 0 N–H and O–H groups in total. The van der Waals surface area contributed by atoms with Crippen LogP contribution in [0.4, 0.5) is 34.1 Å². The molecule has 8 aromatic rings. The summed E-state index contributed by atoms with van der Waals surface area (Å²) in [6.45, 7) is 29.0. The van der Waals surface area contributed by atoms with Crippen LogP contribution in [-0.2, 0) is 27.1 Å². The van der Waals surface area contributed by atoms with Crippen LogP contribution in [0.15, 0.2) is 169 Å². The Kier molecular flexibility index (Phi) is 9.96. The van der Waals surface area contributed by atoms with E-state index in [0.717, 1.165) is 12.8 Å². The van der Waals surface area contributed by atoms with Crippen molar-refractivity contribution in [3.63, 3.8) is 0 Å². The zero-order valence-corrected chi connectivity index (χ0v) is 46.9. The molecule has 376 valence electrons. The summed E-state index contributed by atoms with van der Waals surface area (Å²) in [6, 6.07) is 62.0. The molecule has 2 aliphatic heterocycles. The first-order chi connectivity index (χ1) is 36.2. The van der Waals surface area contributed by atoms with Crippen molar-refractivity contribution in [3.8, 4) is 22.3 Å². The Bertz CT molecular complexity index is 3870. The number of nitrogens with zero attached hydrogens (tertiary/aromatic N) is 2. The van der Waals surface area contributed by atoms with Crippen molar-refractivity contribution in [2.75, 3.05) is 9.80 Å². The van der Waals surface area contributed by atoms with E-state index in [1.807, 2.05) is 0 Å². The molecule has 8 aromatic carbocycles. The quantitative estimate of drug-likeness (QED) is 0.162. The van der Waals surface area contributed by atoms with Gasteiger partial charge in [-0.1, -0.05) is 191 Å². The Labute approximate surface area is 453 Å². The fourth-order valence-electron chi connectivity index (χ4n) is 15.3. The van der Waals surface area contributed by atoms with Gasteiger partial charge in [-0.15, -0.1) is 0 Å². The normalized spacial score (nSPS) is 18.4. The minimum atomic E-state index is -0.105. The maximum Gasteiger partial charge on any atom is 0.252 e. The van der Waals surface area contributed by atoms with Crippen LogP contribution in [0.3, 0.4) is 0 Å². The molecule has 0 radical (unpaired) electrons. The van der Waals surface area contributed by atoms with Crippen LogP contribution in [-0.4, -0.2) is 6.71 Å². The first-order valence-corrected chi connectivity index (χ1v) is 28.3. The molecule has 0 unspecified atom stereocenters. The van der Waals surface area contributed by atoms with Crippen molar-refractivity contribution in [2.24, 2.45) is 0 Å². The van der Waals surface area contributed by atoms with Gasteiger partial charge < -0.3 is 9.80 Å². The SMILES string of the molecule is Cc1cc2c3c(c1)N(c1ccc(-c4cccc5c4C(C)(C)c4ccccc4-5)cc1)c1cc4c(cc1B3c1ccc(C(C)(C)C)cc1N2c1ccc(C2=CCCC3=C2C(C)(C)c2ccccc23)cc1)C(C)(C)CCC4(C)C. The Balaban J connectivity index is 0.963.